The number of aromatic amines is 1. The van der Waals surface area contributed by atoms with E-state index in [2.05, 4.69) is 25.8 Å². The van der Waals surface area contributed by atoms with Crippen molar-refractivity contribution in [3.05, 3.63) is 59.4 Å². The van der Waals surface area contributed by atoms with Gasteiger partial charge in [-0.25, -0.2) is 14.2 Å². The van der Waals surface area contributed by atoms with Crippen LogP contribution < -0.4 is 10.6 Å². The molecule has 0 aliphatic rings. The molecule has 3 amide bonds. The number of anilines is 1. The smallest absolute Gasteiger partial charge is 0.307 e. The molecule has 0 saturated heterocycles. The minimum atomic E-state index is -0.611. The molecule has 9 heteroatoms. The van der Waals surface area contributed by atoms with Crippen molar-refractivity contribution < 1.29 is 14.0 Å². The van der Waals surface area contributed by atoms with E-state index in [0.29, 0.717) is 11.3 Å². The topological polar surface area (TPSA) is 99.8 Å². The van der Waals surface area contributed by atoms with Crippen LogP contribution in [-0.2, 0) is 4.79 Å². The fraction of sp³-hybridized carbons (Fsp3) is 0.158. The molecule has 3 N–H and O–H groups in total. The molecule has 0 bridgehead atoms. The highest BCUT2D eigenvalue weighted by Crippen LogP contribution is 2.21. The van der Waals surface area contributed by atoms with E-state index in [1.807, 2.05) is 26.0 Å². The molecule has 28 heavy (non-hydrogen) atoms. The van der Waals surface area contributed by atoms with Gasteiger partial charge in [-0.05, 0) is 37.6 Å². The van der Waals surface area contributed by atoms with Crippen molar-refractivity contribution >= 4 is 29.4 Å². The van der Waals surface area contributed by atoms with E-state index < -0.39 is 17.8 Å². The number of benzene rings is 2. The number of rotatable bonds is 5. The summed E-state index contributed by atoms with van der Waals surface area (Å²) in [5.41, 5.74) is 2.90. The maximum atomic E-state index is 13.8. The number of hydrogen-bond donors (Lipinski definition) is 3. The molecule has 0 radical (unpaired) electrons. The highest BCUT2D eigenvalue weighted by atomic mass is 32.2. The van der Waals surface area contributed by atoms with E-state index >= 15 is 0 Å². The highest BCUT2D eigenvalue weighted by molar-refractivity contribution is 7.99. The summed E-state index contributed by atoms with van der Waals surface area (Å²) in [4.78, 5) is 28.1. The lowest BCUT2D eigenvalue weighted by atomic mass is 10.1. The number of nitrogens with zero attached hydrogens (tertiary/aromatic N) is 2. The van der Waals surface area contributed by atoms with Crippen LogP contribution in [0.4, 0.5) is 14.9 Å². The molecule has 0 aliphatic carbocycles. The van der Waals surface area contributed by atoms with E-state index in [1.165, 1.54) is 6.07 Å². The number of nitrogens with one attached hydrogen (secondary N) is 3. The van der Waals surface area contributed by atoms with Gasteiger partial charge in [-0.15, -0.1) is 5.10 Å². The lowest BCUT2D eigenvalue weighted by molar-refractivity contribution is -0.117. The summed E-state index contributed by atoms with van der Waals surface area (Å²) in [6.07, 6.45) is 0. The lowest BCUT2D eigenvalue weighted by Gasteiger charge is -2.09. The van der Waals surface area contributed by atoms with Crippen molar-refractivity contribution in [2.24, 2.45) is 0 Å². The van der Waals surface area contributed by atoms with Crippen molar-refractivity contribution in [3.63, 3.8) is 0 Å². The number of thioether (sulfide) groups is 1. The fourth-order valence-electron chi connectivity index (χ4n) is 2.48. The summed E-state index contributed by atoms with van der Waals surface area (Å²) < 4.78 is 13.8. The Balaban J connectivity index is 1.52. The second-order valence-corrected chi connectivity index (χ2v) is 7.00. The van der Waals surface area contributed by atoms with E-state index in [0.717, 1.165) is 22.9 Å². The molecule has 1 aromatic heterocycles. The molecular formula is C19H18FN5O2S. The van der Waals surface area contributed by atoms with Crippen molar-refractivity contribution in [2.75, 3.05) is 11.1 Å². The number of aryl methyl sites for hydroxylation is 2. The number of imide groups is 1. The Bertz CT molecular complexity index is 1020. The minimum absolute atomic E-state index is 0.0606. The molecule has 0 spiro atoms. The van der Waals surface area contributed by atoms with Gasteiger partial charge in [0.2, 0.25) is 11.1 Å². The third kappa shape index (κ3) is 4.95. The number of H-pyrrole nitrogens is 1. The quantitative estimate of drug-likeness (QED) is 0.569. The molecule has 0 atom stereocenters. The Morgan fingerprint density at radius 1 is 1.18 bits per heavy atom. The zero-order valence-electron chi connectivity index (χ0n) is 15.2. The van der Waals surface area contributed by atoms with Crippen molar-refractivity contribution in [1.29, 1.82) is 0 Å². The molecule has 3 aromatic rings. The molecule has 2 aromatic carbocycles. The zero-order valence-corrected chi connectivity index (χ0v) is 16.1. The predicted molar refractivity (Wildman–Crippen MR) is 106 cm³/mol. The van der Waals surface area contributed by atoms with Crippen molar-refractivity contribution in [2.45, 2.75) is 19.0 Å². The number of urea groups is 1. The van der Waals surface area contributed by atoms with Gasteiger partial charge in [0, 0.05) is 5.69 Å². The van der Waals surface area contributed by atoms with Gasteiger partial charge < -0.3 is 5.32 Å². The average molecular weight is 399 g/mol. The molecule has 7 nitrogen and oxygen atoms in total. The normalized spacial score (nSPS) is 10.5. The van der Waals surface area contributed by atoms with E-state index in [9.17, 15) is 14.0 Å². The molecule has 0 saturated carbocycles. The SMILES string of the molecule is Cc1ccc(NC(=O)NC(=O)CSc2n[nH]c(-c3ccccc3F)n2)c(C)c1. The maximum absolute atomic E-state index is 13.8. The van der Waals surface area contributed by atoms with E-state index in [1.54, 1.807) is 24.3 Å². The van der Waals surface area contributed by atoms with Gasteiger partial charge >= 0.3 is 6.03 Å². The van der Waals surface area contributed by atoms with Gasteiger partial charge in [0.05, 0.1) is 11.3 Å². The van der Waals surface area contributed by atoms with E-state index in [-0.39, 0.29) is 16.7 Å². The number of aromatic nitrogens is 3. The van der Waals surface area contributed by atoms with Crippen LogP contribution in [0, 0.1) is 19.7 Å². The first kappa shape index (κ1) is 19.6. The van der Waals surface area contributed by atoms with Gasteiger partial charge in [0.25, 0.3) is 0 Å². The van der Waals surface area contributed by atoms with E-state index in [4.69, 9.17) is 0 Å². The molecule has 1 heterocycles. The Morgan fingerprint density at radius 3 is 2.71 bits per heavy atom. The highest BCUT2D eigenvalue weighted by Gasteiger charge is 2.13. The van der Waals surface area contributed by atoms with Crippen molar-refractivity contribution in [1.82, 2.24) is 20.5 Å². The number of hydrogen-bond acceptors (Lipinski definition) is 5. The molecular weight excluding hydrogens is 381 g/mol. The summed E-state index contributed by atoms with van der Waals surface area (Å²) in [5, 5.41) is 11.8. The predicted octanol–water partition coefficient (Wildman–Crippen LogP) is 3.67. The number of halogens is 1. The lowest BCUT2D eigenvalue weighted by Crippen LogP contribution is -2.35. The Labute approximate surface area is 165 Å². The van der Waals surface area contributed by atoms with Gasteiger partial charge in [-0.3, -0.25) is 15.2 Å². The first-order valence-electron chi connectivity index (χ1n) is 8.40. The van der Waals surface area contributed by atoms with Crippen molar-refractivity contribution in [3.8, 4) is 11.4 Å². The molecule has 0 fully saturated rings. The monoisotopic (exact) mass is 399 g/mol. The van der Waals surface area contributed by atoms with Crippen LogP contribution >= 0.6 is 11.8 Å². The standard InChI is InChI=1S/C19H18FN5O2S/c1-11-7-8-15(12(2)9-11)21-18(27)22-16(26)10-28-19-23-17(24-25-19)13-5-3-4-6-14(13)20/h3-9H,10H2,1-2H3,(H,23,24,25)(H2,21,22,26,27). The summed E-state index contributed by atoms with van der Waals surface area (Å²) in [7, 11) is 0. The second-order valence-electron chi connectivity index (χ2n) is 6.06. The van der Waals surface area contributed by atoms with Crippen LogP contribution in [-0.4, -0.2) is 32.9 Å². The number of carbonyl (C=O) groups excluding carboxylic acids is 2. The summed E-state index contributed by atoms with van der Waals surface area (Å²) in [5.74, 6) is -0.705. The maximum Gasteiger partial charge on any atom is 0.325 e. The second kappa shape index (κ2) is 8.66. The van der Waals surface area contributed by atoms with Crippen LogP contribution in [0.25, 0.3) is 11.4 Å². The Kier molecular flexibility index (Phi) is 6.05. The van der Waals surface area contributed by atoms with Gasteiger partial charge in [0.15, 0.2) is 5.82 Å². The van der Waals surface area contributed by atoms with Gasteiger partial charge in [-0.1, -0.05) is 41.6 Å². The zero-order chi connectivity index (χ0) is 20.1. The van der Waals surface area contributed by atoms with Crippen LogP contribution in [0.5, 0.6) is 0 Å². The Hall–Kier alpha value is -3.20. The first-order valence-corrected chi connectivity index (χ1v) is 9.39. The largest absolute Gasteiger partial charge is 0.325 e. The van der Waals surface area contributed by atoms with Crippen LogP contribution in [0.1, 0.15) is 11.1 Å². The molecule has 0 aliphatic heterocycles. The summed E-state index contributed by atoms with van der Waals surface area (Å²) in [6, 6.07) is 11.1. The Morgan fingerprint density at radius 2 is 1.96 bits per heavy atom. The minimum Gasteiger partial charge on any atom is -0.307 e. The average Bonchev–Trinajstić information content (AvgIpc) is 3.11. The first-order chi connectivity index (χ1) is 13.4. The summed E-state index contributed by atoms with van der Waals surface area (Å²) in [6.45, 7) is 3.83. The summed E-state index contributed by atoms with van der Waals surface area (Å²) >= 11 is 1.04. The molecule has 144 valence electrons. The number of carbonyl (C=O) groups is 2. The number of amides is 3. The van der Waals surface area contributed by atoms with Gasteiger partial charge in [-0.2, -0.15) is 0 Å². The molecule has 0 unspecified atom stereocenters. The third-order valence-electron chi connectivity index (χ3n) is 3.81. The third-order valence-corrected chi connectivity index (χ3v) is 4.66. The van der Waals surface area contributed by atoms with Crippen LogP contribution in [0.2, 0.25) is 0 Å². The van der Waals surface area contributed by atoms with Crippen LogP contribution in [0.3, 0.4) is 0 Å². The molecule has 3 rings (SSSR count). The van der Waals surface area contributed by atoms with Crippen LogP contribution in [0.15, 0.2) is 47.6 Å². The van der Waals surface area contributed by atoms with Gasteiger partial charge in [0.1, 0.15) is 5.82 Å². The fourth-order valence-corrected chi connectivity index (χ4v) is 3.08.